The predicted octanol–water partition coefficient (Wildman–Crippen LogP) is 5.80. The highest BCUT2D eigenvalue weighted by atomic mass is 16.5. The van der Waals surface area contributed by atoms with Crippen molar-refractivity contribution in [1.82, 2.24) is 4.98 Å². The van der Waals surface area contributed by atoms with Crippen molar-refractivity contribution in [3.05, 3.63) is 65.7 Å². The molecular weight excluding hydrogens is 338 g/mol. The van der Waals surface area contributed by atoms with E-state index in [0.717, 1.165) is 50.4 Å². The van der Waals surface area contributed by atoms with Gasteiger partial charge in [-0.25, -0.2) is 4.98 Å². The highest BCUT2D eigenvalue weighted by Gasteiger charge is 2.11. The van der Waals surface area contributed by atoms with E-state index < -0.39 is 0 Å². The molecule has 0 atom stereocenters. The monoisotopic (exact) mass is 359 g/mol. The van der Waals surface area contributed by atoms with Gasteiger partial charge in [-0.05, 0) is 84.6 Å². The zero-order valence-corrected chi connectivity index (χ0v) is 15.9. The molecule has 4 heteroatoms. The van der Waals surface area contributed by atoms with E-state index in [0.29, 0.717) is 5.89 Å². The summed E-state index contributed by atoms with van der Waals surface area (Å²) < 4.78 is 16.7. The summed E-state index contributed by atoms with van der Waals surface area (Å²) in [5.74, 6) is 2.34. The normalized spacial score (nSPS) is 11.0. The molecule has 4 aromatic rings. The highest BCUT2D eigenvalue weighted by Crippen LogP contribution is 2.33. The van der Waals surface area contributed by atoms with E-state index >= 15 is 0 Å². The van der Waals surface area contributed by atoms with Gasteiger partial charge in [0, 0.05) is 5.56 Å². The molecule has 0 aliphatic rings. The van der Waals surface area contributed by atoms with Gasteiger partial charge in [-0.15, -0.1) is 0 Å². The van der Waals surface area contributed by atoms with Crippen LogP contribution in [0.3, 0.4) is 0 Å². The molecule has 0 aliphatic carbocycles. The van der Waals surface area contributed by atoms with Crippen LogP contribution in [0.15, 0.2) is 59.0 Å². The van der Waals surface area contributed by atoms with Crippen LogP contribution in [-0.4, -0.2) is 19.2 Å². The summed E-state index contributed by atoms with van der Waals surface area (Å²) in [6.45, 7) is 4.12. The van der Waals surface area contributed by atoms with Gasteiger partial charge in [0.25, 0.3) is 0 Å². The first-order chi connectivity index (χ1) is 13.1. The molecule has 0 spiro atoms. The van der Waals surface area contributed by atoms with E-state index in [1.807, 2.05) is 36.4 Å². The van der Waals surface area contributed by atoms with Gasteiger partial charge < -0.3 is 13.9 Å². The average Bonchev–Trinajstić information content (AvgIpc) is 3.11. The first-order valence-electron chi connectivity index (χ1n) is 8.79. The number of ether oxygens (including phenoxy) is 2. The molecule has 0 saturated heterocycles. The minimum atomic E-state index is 0.604. The maximum absolute atomic E-state index is 6.02. The van der Waals surface area contributed by atoms with Gasteiger partial charge in [-0.1, -0.05) is 6.07 Å². The molecule has 27 heavy (non-hydrogen) atoms. The Labute approximate surface area is 158 Å². The van der Waals surface area contributed by atoms with Crippen LogP contribution >= 0.6 is 0 Å². The van der Waals surface area contributed by atoms with Crippen molar-refractivity contribution in [3.8, 4) is 34.1 Å². The number of oxazole rings is 1. The van der Waals surface area contributed by atoms with Gasteiger partial charge in [0.15, 0.2) is 5.58 Å². The molecule has 1 heterocycles. The molecule has 1 aromatic heterocycles. The molecule has 136 valence electrons. The summed E-state index contributed by atoms with van der Waals surface area (Å²) in [5.41, 5.74) is 6.98. The molecule has 0 saturated carbocycles. The number of hydrogen-bond acceptors (Lipinski definition) is 4. The van der Waals surface area contributed by atoms with Crippen LogP contribution in [0.25, 0.3) is 33.7 Å². The number of benzene rings is 3. The van der Waals surface area contributed by atoms with E-state index in [9.17, 15) is 0 Å². The van der Waals surface area contributed by atoms with Gasteiger partial charge in [-0.3, -0.25) is 0 Å². The molecule has 4 rings (SSSR count). The first kappa shape index (κ1) is 17.2. The first-order valence-corrected chi connectivity index (χ1v) is 8.79. The number of fused-ring (bicyclic) bond motifs is 1. The van der Waals surface area contributed by atoms with Gasteiger partial charge in [0.2, 0.25) is 5.89 Å². The minimum Gasteiger partial charge on any atom is -0.497 e. The maximum atomic E-state index is 6.02. The second-order valence-electron chi connectivity index (χ2n) is 6.57. The summed E-state index contributed by atoms with van der Waals surface area (Å²) in [6.07, 6.45) is 0. The molecule has 0 unspecified atom stereocenters. The molecule has 0 radical (unpaired) electrons. The highest BCUT2D eigenvalue weighted by molar-refractivity contribution is 5.82. The van der Waals surface area contributed by atoms with E-state index in [4.69, 9.17) is 13.9 Å². The van der Waals surface area contributed by atoms with Crippen molar-refractivity contribution in [2.45, 2.75) is 13.8 Å². The Balaban J connectivity index is 1.74. The Morgan fingerprint density at radius 2 is 1.41 bits per heavy atom. The Bertz CT molecular complexity index is 1090. The van der Waals surface area contributed by atoms with E-state index in [1.54, 1.807) is 14.2 Å². The largest absolute Gasteiger partial charge is 0.497 e. The Morgan fingerprint density at radius 3 is 2.04 bits per heavy atom. The molecular formula is C23H21NO3. The number of methoxy groups -OCH3 is 2. The third-order valence-corrected chi connectivity index (χ3v) is 4.72. The van der Waals surface area contributed by atoms with E-state index in [-0.39, 0.29) is 0 Å². The molecule has 0 aliphatic heterocycles. The van der Waals surface area contributed by atoms with Gasteiger partial charge in [0.1, 0.15) is 17.0 Å². The average molecular weight is 359 g/mol. The lowest BCUT2D eigenvalue weighted by atomic mass is 9.99. The summed E-state index contributed by atoms with van der Waals surface area (Å²) >= 11 is 0. The number of rotatable bonds is 4. The summed E-state index contributed by atoms with van der Waals surface area (Å²) in [7, 11) is 3.36. The fraction of sp³-hybridized carbons (Fsp3) is 0.174. The molecule has 0 N–H and O–H groups in total. The quantitative estimate of drug-likeness (QED) is 0.462. The molecule has 4 nitrogen and oxygen atoms in total. The second-order valence-corrected chi connectivity index (χ2v) is 6.57. The molecule has 0 bridgehead atoms. The van der Waals surface area contributed by atoms with Crippen molar-refractivity contribution >= 4 is 11.1 Å². The third kappa shape index (κ3) is 3.14. The van der Waals surface area contributed by atoms with Gasteiger partial charge in [0.05, 0.1) is 14.2 Å². The lowest BCUT2D eigenvalue weighted by Gasteiger charge is -2.11. The van der Waals surface area contributed by atoms with Crippen molar-refractivity contribution in [2.24, 2.45) is 0 Å². The molecule has 3 aromatic carbocycles. The lowest BCUT2D eigenvalue weighted by Crippen LogP contribution is -1.92. The smallest absolute Gasteiger partial charge is 0.227 e. The van der Waals surface area contributed by atoms with Crippen molar-refractivity contribution in [3.63, 3.8) is 0 Å². The van der Waals surface area contributed by atoms with Crippen LogP contribution in [0, 0.1) is 13.8 Å². The van der Waals surface area contributed by atoms with Crippen LogP contribution in [0.1, 0.15) is 11.1 Å². The Morgan fingerprint density at radius 1 is 0.741 bits per heavy atom. The van der Waals surface area contributed by atoms with Crippen molar-refractivity contribution < 1.29 is 13.9 Å². The summed E-state index contributed by atoms with van der Waals surface area (Å²) in [6, 6.07) is 18.1. The number of hydrogen-bond donors (Lipinski definition) is 0. The van der Waals surface area contributed by atoms with Gasteiger partial charge in [-0.2, -0.15) is 0 Å². The maximum Gasteiger partial charge on any atom is 0.227 e. The molecule has 0 fully saturated rings. The van der Waals surface area contributed by atoms with Crippen LogP contribution in [-0.2, 0) is 0 Å². The topological polar surface area (TPSA) is 44.5 Å². The predicted molar refractivity (Wildman–Crippen MR) is 107 cm³/mol. The third-order valence-electron chi connectivity index (χ3n) is 4.72. The SMILES string of the molecule is COc1ccc(-c2nc3ccc(-c4cc(C)c(OC)c(C)c4)cc3o2)cc1. The number of aryl methyl sites for hydroxylation is 2. The summed E-state index contributed by atoms with van der Waals surface area (Å²) in [5, 5.41) is 0. The Kier molecular flexibility index (Phi) is 4.32. The summed E-state index contributed by atoms with van der Waals surface area (Å²) in [4.78, 5) is 4.61. The van der Waals surface area contributed by atoms with E-state index in [1.165, 1.54) is 0 Å². The Hall–Kier alpha value is -3.27. The second kappa shape index (κ2) is 6.80. The van der Waals surface area contributed by atoms with Crippen LogP contribution in [0.4, 0.5) is 0 Å². The van der Waals surface area contributed by atoms with Crippen molar-refractivity contribution in [1.29, 1.82) is 0 Å². The van der Waals surface area contributed by atoms with Gasteiger partial charge >= 0.3 is 0 Å². The van der Waals surface area contributed by atoms with E-state index in [2.05, 4.69) is 37.0 Å². The van der Waals surface area contributed by atoms with Crippen LogP contribution < -0.4 is 9.47 Å². The lowest BCUT2D eigenvalue weighted by molar-refractivity contribution is 0.408. The fourth-order valence-corrected chi connectivity index (χ4v) is 3.40. The van der Waals surface area contributed by atoms with Crippen molar-refractivity contribution in [2.75, 3.05) is 14.2 Å². The standard InChI is InChI=1S/C23H21NO3/c1-14-11-18(12-15(2)22(14)26-4)17-7-10-20-21(13-17)27-23(24-20)16-5-8-19(25-3)9-6-16/h5-13H,1-4H3. The van der Waals surface area contributed by atoms with Crippen LogP contribution in [0.2, 0.25) is 0 Å². The minimum absolute atomic E-state index is 0.604. The number of nitrogens with zero attached hydrogens (tertiary/aromatic N) is 1. The number of aromatic nitrogens is 1. The zero-order valence-electron chi connectivity index (χ0n) is 15.9. The fourth-order valence-electron chi connectivity index (χ4n) is 3.40. The zero-order chi connectivity index (χ0) is 19.0. The van der Waals surface area contributed by atoms with Crippen LogP contribution in [0.5, 0.6) is 11.5 Å². The molecule has 0 amide bonds.